The van der Waals surface area contributed by atoms with Crippen LogP contribution in [-0.4, -0.2) is 61.0 Å². The molecule has 1 saturated heterocycles. The van der Waals surface area contributed by atoms with Crippen LogP contribution in [0.5, 0.6) is 0 Å². The van der Waals surface area contributed by atoms with Crippen molar-refractivity contribution in [2.75, 3.05) is 39.9 Å². The van der Waals surface area contributed by atoms with E-state index in [1.54, 1.807) is 7.11 Å². The molecule has 0 radical (unpaired) electrons. The Kier molecular flexibility index (Phi) is 7.83. The first-order valence-corrected chi connectivity index (χ1v) is 11.5. The fraction of sp³-hybridized carbons (Fsp3) is 0.600. The highest BCUT2D eigenvalue weighted by Gasteiger charge is 2.28. The molecule has 1 fully saturated rings. The van der Waals surface area contributed by atoms with Gasteiger partial charge in [-0.15, -0.1) is 0 Å². The van der Waals surface area contributed by atoms with Gasteiger partial charge in [-0.05, 0) is 43.0 Å². The summed E-state index contributed by atoms with van der Waals surface area (Å²) in [6.07, 6.45) is 1.71. The highest BCUT2D eigenvalue weighted by atomic mass is 35.5. The van der Waals surface area contributed by atoms with E-state index in [9.17, 15) is 16.8 Å². The summed E-state index contributed by atoms with van der Waals surface area (Å²) in [5.41, 5.74) is 0. The molecule has 0 aliphatic carbocycles. The molecule has 26 heavy (non-hydrogen) atoms. The molecule has 1 aliphatic heterocycles. The van der Waals surface area contributed by atoms with Crippen LogP contribution < -0.4 is 9.44 Å². The minimum Gasteiger partial charge on any atom is -0.384 e. The summed E-state index contributed by atoms with van der Waals surface area (Å²) in [5, 5.41) is 0.435. The average molecular weight is 426 g/mol. The van der Waals surface area contributed by atoms with Gasteiger partial charge in [0.25, 0.3) is 10.2 Å². The van der Waals surface area contributed by atoms with Gasteiger partial charge < -0.3 is 4.74 Å². The van der Waals surface area contributed by atoms with Crippen molar-refractivity contribution in [1.29, 1.82) is 0 Å². The fourth-order valence-corrected chi connectivity index (χ4v) is 5.25. The maximum absolute atomic E-state index is 12.3. The van der Waals surface area contributed by atoms with E-state index in [1.807, 2.05) is 0 Å². The van der Waals surface area contributed by atoms with E-state index in [0.29, 0.717) is 24.7 Å². The monoisotopic (exact) mass is 425 g/mol. The van der Waals surface area contributed by atoms with Gasteiger partial charge in [0.1, 0.15) is 0 Å². The molecule has 0 amide bonds. The number of nitrogens with zero attached hydrogens (tertiary/aromatic N) is 1. The van der Waals surface area contributed by atoms with Crippen molar-refractivity contribution < 1.29 is 21.6 Å². The van der Waals surface area contributed by atoms with Crippen LogP contribution in [0.25, 0.3) is 0 Å². The number of methoxy groups -OCH3 is 1. The number of piperidine rings is 1. The lowest BCUT2D eigenvalue weighted by atomic mass is 10.0. The normalized spacial score (nSPS) is 19.5. The largest absolute Gasteiger partial charge is 0.384 e. The molecule has 11 heteroatoms. The molecule has 1 aromatic carbocycles. The number of ether oxygens (including phenoxy) is 1. The Balaban J connectivity index is 1.83. The van der Waals surface area contributed by atoms with Gasteiger partial charge in [-0.25, -0.2) is 17.9 Å². The molecule has 148 valence electrons. The number of sulfonamides is 1. The van der Waals surface area contributed by atoms with Crippen molar-refractivity contribution in [3.8, 4) is 0 Å². The SMILES string of the molecule is COCC1CCCN(S(=O)(=O)NCCNS(=O)(=O)c2ccc(Cl)cc2)C1. The Hall–Kier alpha value is -0.750. The summed E-state index contributed by atoms with van der Waals surface area (Å²) in [6.45, 7) is 1.28. The van der Waals surface area contributed by atoms with Crippen molar-refractivity contribution in [3.63, 3.8) is 0 Å². The third kappa shape index (κ3) is 6.15. The maximum atomic E-state index is 12.3. The minimum atomic E-state index is -3.71. The van der Waals surface area contributed by atoms with E-state index < -0.39 is 20.2 Å². The van der Waals surface area contributed by atoms with Crippen molar-refractivity contribution in [3.05, 3.63) is 29.3 Å². The zero-order chi connectivity index (χ0) is 19.2. The molecule has 8 nitrogen and oxygen atoms in total. The number of benzene rings is 1. The maximum Gasteiger partial charge on any atom is 0.279 e. The molecule has 1 unspecified atom stereocenters. The Morgan fingerprint density at radius 3 is 2.46 bits per heavy atom. The van der Waals surface area contributed by atoms with Crippen LogP contribution in [0.4, 0.5) is 0 Å². The standard InChI is InChI=1S/C15H24ClN3O5S2/c1-24-12-13-3-2-10-19(11-13)26(22,23)18-9-8-17-25(20,21)15-6-4-14(16)5-7-15/h4-7,13,17-18H,2-3,8-12H2,1H3. The van der Waals surface area contributed by atoms with Crippen LogP contribution in [0.2, 0.25) is 5.02 Å². The van der Waals surface area contributed by atoms with Crippen LogP contribution in [0, 0.1) is 5.92 Å². The van der Waals surface area contributed by atoms with Gasteiger partial charge in [-0.2, -0.15) is 12.7 Å². The molecule has 0 spiro atoms. The third-order valence-corrected chi connectivity index (χ3v) is 7.36. The van der Waals surface area contributed by atoms with Gasteiger partial charge in [-0.1, -0.05) is 11.6 Å². The first-order valence-electron chi connectivity index (χ1n) is 8.23. The number of hydrogen-bond acceptors (Lipinski definition) is 5. The zero-order valence-electron chi connectivity index (χ0n) is 14.5. The van der Waals surface area contributed by atoms with E-state index in [0.717, 1.165) is 12.8 Å². The summed E-state index contributed by atoms with van der Waals surface area (Å²) < 4.78 is 60.2. The molecule has 0 aromatic heterocycles. The zero-order valence-corrected chi connectivity index (χ0v) is 16.9. The van der Waals surface area contributed by atoms with Gasteiger partial charge in [0.05, 0.1) is 11.5 Å². The molecule has 1 atom stereocenters. The number of rotatable bonds is 9. The molecule has 1 aliphatic rings. The van der Waals surface area contributed by atoms with E-state index in [2.05, 4.69) is 9.44 Å². The van der Waals surface area contributed by atoms with Gasteiger partial charge in [0, 0.05) is 38.3 Å². The van der Waals surface area contributed by atoms with Gasteiger partial charge >= 0.3 is 0 Å². The third-order valence-electron chi connectivity index (χ3n) is 4.05. The average Bonchev–Trinajstić information content (AvgIpc) is 2.60. The molecule has 1 heterocycles. The highest BCUT2D eigenvalue weighted by Crippen LogP contribution is 2.18. The highest BCUT2D eigenvalue weighted by molar-refractivity contribution is 7.89. The molecule has 0 saturated carbocycles. The Labute approximate surface area is 160 Å². The van der Waals surface area contributed by atoms with Crippen molar-refractivity contribution in [2.45, 2.75) is 17.7 Å². The predicted octanol–water partition coefficient (Wildman–Crippen LogP) is 0.811. The van der Waals surface area contributed by atoms with Gasteiger partial charge in [0.2, 0.25) is 10.0 Å². The Morgan fingerprint density at radius 2 is 1.81 bits per heavy atom. The van der Waals surface area contributed by atoms with Crippen molar-refractivity contribution >= 4 is 31.8 Å². The van der Waals surface area contributed by atoms with Crippen LogP contribution in [0.3, 0.4) is 0 Å². The van der Waals surface area contributed by atoms with Gasteiger partial charge in [0.15, 0.2) is 0 Å². The summed E-state index contributed by atoms with van der Waals surface area (Å²) in [7, 11) is -5.76. The number of hydrogen-bond donors (Lipinski definition) is 2. The molecule has 2 rings (SSSR count). The second kappa shape index (κ2) is 9.45. The van der Waals surface area contributed by atoms with E-state index in [-0.39, 0.29) is 23.9 Å². The van der Waals surface area contributed by atoms with E-state index >= 15 is 0 Å². The Bertz CT molecular complexity index is 782. The lowest BCUT2D eigenvalue weighted by Crippen LogP contribution is -2.48. The van der Waals surface area contributed by atoms with Crippen LogP contribution >= 0.6 is 11.6 Å². The van der Waals surface area contributed by atoms with Crippen LogP contribution in [-0.2, 0) is 25.0 Å². The summed E-state index contributed by atoms with van der Waals surface area (Å²) in [4.78, 5) is 0.0724. The van der Waals surface area contributed by atoms with Crippen molar-refractivity contribution in [2.24, 2.45) is 5.92 Å². The molecular formula is C15H24ClN3O5S2. The number of nitrogens with one attached hydrogen (secondary N) is 2. The van der Waals surface area contributed by atoms with Gasteiger partial charge in [-0.3, -0.25) is 0 Å². The molecule has 0 bridgehead atoms. The molecular weight excluding hydrogens is 402 g/mol. The first-order chi connectivity index (χ1) is 12.2. The lowest BCUT2D eigenvalue weighted by molar-refractivity contribution is 0.118. The lowest BCUT2D eigenvalue weighted by Gasteiger charge is -2.31. The predicted molar refractivity (Wildman–Crippen MR) is 99.7 cm³/mol. The van der Waals surface area contributed by atoms with Crippen LogP contribution in [0.1, 0.15) is 12.8 Å². The summed E-state index contributed by atoms with van der Waals surface area (Å²) >= 11 is 5.74. The Morgan fingerprint density at radius 1 is 1.15 bits per heavy atom. The topological polar surface area (TPSA) is 105 Å². The summed E-state index contributed by atoms with van der Waals surface area (Å²) in [6, 6.07) is 5.73. The second-order valence-electron chi connectivity index (χ2n) is 6.07. The van der Waals surface area contributed by atoms with Crippen molar-refractivity contribution in [1.82, 2.24) is 13.7 Å². The quantitative estimate of drug-likeness (QED) is 0.569. The molecule has 1 aromatic rings. The van der Waals surface area contributed by atoms with Crippen LogP contribution in [0.15, 0.2) is 29.2 Å². The fourth-order valence-electron chi connectivity index (χ4n) is 2.77. The minimum absolute atomic E-state index is 0.0411. The van der Waals surface area contributed by atoms with E-state index in [4.69, 9.17) is 16.3 Å². The smallest absolute Gasteiger partial charge is 0.279 e. The van der Waals surface area contributed by atoms with E-state index in [1.165, 1.54) is 28.6 Å². The summed E-state index contributed by atoms with van der Waals surface area (Å²) in [5.74, 6) is 0.175. The second-order valence-corrected chi connectivity index (χ2v) is 10.0. The first kappa shape index (κ1) is 21.5. The molecule has 2 N–H and O–H groups in total. The number of halogens is 1.